The number of anilines is 2. The lowest BCUT2D eigenvalue weighted by molar-refractivity contribution is -0.123. The number of hydrogen-bond donors (Lipinski definition) is 1. The molecule has 13 heteroatoms. The first kappa shape index (κ1) is 25.4. The zero-order chi connectivity index (χ0) is 25.9. The second kappa shape index (κ2) is 10.5. The third-order valence-corrected chi connectivity index (χ3v) is 6.09. The topological polar surface area (TPSA) is 130 Å². The van der Waals surface area contributed by atoms with Crippen LogP contribution in [0.25, 0.3) is 11.1 Å². The van der Waals surface area contributed by atoms with E-state index in [-0.39, 0.29) is 18.9 Å². The summed E-state index contributed by atoms with van der Waals surface area (Å²) >= 11 is 0. The number of nitrogens with one attached hydrogen (secondary N) is 1. The fourth-order valence-corrected chi connectivity index (χ4v) is 4.12. The van der Waals surface area contributed by atoms with E-state index in [2.05, 4.69) is 19.7 Å². The molecule has 3 heterocycles. The maximum absolute atomic E-state index is 15.0. The van der Waals surface area contributed by atoms with Crippen molar-refractivity contribution >= 4 is 39.3 Å². The van der Waals surface area contributed by atoms with E-state index in [9.17, 15) is 22.4 Å². The van der Waals surface area contributed by atoms with Crippen LogP contribution < -0.4 is 15.1 Å². The summed E-state index contributed by atoms with van der Waals surface area (Å²) < 4.78 is 46.8. The van der Waals surface area contributed by atoms with Gasteiger partial charge in [-0.15, -0.1) is 0 Å². The van der Waals surface area contributed by atoms with E-state index in [0.717, 1.165) is 6.26 Å². The number of carbonyl (C=O) groups is 2. The number of ether oxygens (including phenoxy) is 1. The Morgan fingerprint density at radius 3 is 2.64 bits per heavy atom. The molecule has 1 N–H and O–H groups in total. The van der Waals surface area contributed by atoms with Crippen LogP contribution in [0.2, 0.25) is 0 Å². The third kappa shape index (κ3) is 6.08. The Hall–Kier alpha value is -3.74. The maximum atomic E-state index is 15.0. The highest BCUT2D eigenvalue weighted by Crippen LogP contribution is 2.29. The standard InChI is InChI=1S/C23H26FN5O6S/c1-3-21(30)26-22-14-29(23(31)34-22)17-5-6-18(19(24)12-17)15-4-7-20(25-13-15)28-10-8-16(9-11-28)27-35-36(2,32)33/h4-7,12-13,22H,3,8-11,14H2,1-2H3,(H,26,30). The van der Waals surface area contributed by atoms with E-state index < -0.39 is 28.3 Å². The molecule has 1 atom stereocenters. The molecule has 2 aliphatic heterocycles. The van der Waals surface area contributed by atoms with Gasteiger partial charge in [0.2, 0.25) is 5.91 Å². The molecule has 1 aromatic carbocycles. The molecule has 1 aromatic heterocycles. The number of cyclic esters (lactones) is 1. The molecule has 0 aliphatic carbocycles. The van der Waals surface area contributed by atoms with Crippen molar-refractivity contribution in [1.82, 2.24) is 10.3 Å². The van der Waals surface area contributed by atoms with Crippen LogP contribution in [0.15, 0.2) is 41.7 Å². The summed E-state index contributed by atoms with van der Waals surface area (Å²) in [6.07, 6.45) is 2.41. The predicted octanol–water partition coefficient (Wildman–Crippen LogP) is 2.63. The van der Waals surface area contributed by atoms with Crippen LogP contribution in [-0.4, -0.2) is 63.2 Å². The highest BCUT2D eigenvalue weighted by molar-refractivity contribution is 7.85. The molecule has 2 fully saturated rings. The van der Waals surface area contributed by atoms with Crippen LogP contribution in [0.5, 0.6) is 0 Å². The Labute approximate surface area is 208 Å². The van der Waals surface area contributed by atoms with Gasteiger partial charge in [-0.05, 0) is 30.3 Å². The first-order valence-corrected chi connectivity index (χ1v) is 13.2. The van der Waals surface area contributed by atoms with E-state index in [4.69, 9.17) is 4.74 Å². The lowest BCUT2D eigenvalue weighted by Gasteiger charge is -2.28. The Bertz CT molecular complexity index is 1270. The van der Waals surface area contributed by atoms with E-state index >= 15 is 0 Å². The average molecular weight is 520 g/mol. The minimum Gasteiger partial charge on any atom is -0.423 e. The van der Waals surface area contributed by atoms with Gasteiger partial charge in [0.15, 0.2) is 6.23 Å². The van der Waals surface area contributed by atoms with Crippen LogP contribution >= 0.6 is 0 Å². The number of carbonyl (C=O) groups excluding carboxylic acids is 2. The average Bonchev–Trinajstić information content (AvgIpc) is 3.22. The molecule has 192 valence electrons. The number of benzene rings is 1. The van der Waals surface area contributed by atoms with Crippen molar-refractivity contribution in [3.8, 4) is 11.1 Å². The summed E-state index contributed by atoms with van der Waals surface area (Å²) in [5.74, 6) is -0.0642. The van der Waals surface area contributed by atoms with E-state index in [1.165, 1.54) is 11.0 Å². The molecule has 2 aliphatic rings. The number of nitrogens with zero attached hydrogens (tertiary/aromatic N) is 4. The second-order valence-corrected chi connectivity index (χ2v) is 9.95. The lowest BCUT2D eigenvalue weighted by Crippen LogP contribution is -2.37. The van der Waals surface area contributed by atoms with Crippen molar-refractivity contribution in [1.29, 1.82) is 0 Å². The molecule has 0 spiro atoms. The van der Waals surface area contributed by atoms with Crippen LogP contribution in [0.3, 0.4) is 0 Å². The third-order valence-electron chi connectivity index (χ3n) is 5.74. The van der Waals surface area contributed by atoms with Crippen molar-refractivity contribution in [3.05, 3.63) is 42.3 Å². The van der Waals surface area contributed by atoms with Crippen LogP contribution in [0, 0.1) is 5.82 Å². The number of hydrogen-bond acceptors (Lipinski definition) is 9. The number of piperidine rings is 1. The summed E-state index contributed by atoms with van der Waals surface area (Å²) in [7, 11) is -3.63. The van der Waals surface area contributed by atoms with Crippen LogP contribution in [0.4, 0.5) is 20.7 Å². The van der Waals surface area contributed by atoms with Crippen molar-refractivity contribution in [2.24, 2.45) is 5.16 Å². The SMILES string of the molecule is CCC(=O)NC1CN(c2ccc(-c3ccc(N4CCC(=NOS(C)(=O)=O)CC4)nc3)c(F)c2)C(=O)O1. The van der Waals surface area contributed by atoms with Crippen LogP contribution in [-0.2, 0) is 23.9 Å². The van der Waals surface area contributed by atoms with Gasteiger partial charge >= 0.3 is 16.2 Å². The minimum absolute atomic E-state index is 0.0856. The maximum Gasteiger partial charge on any atom is 0.416 e. The Morgan fingerprint density at radius 2 is 2.03 bits per heavy atom. The van der Waals surface area contributed by atoms with E-state index in [1.54, 1.807) is 37.4 Å². The van der Waals surface area contributed by atoms with Gasteiger partial charge in [0.05, 0.1) is 24.2 Å². The number of pyridine rings is 1. The van der Waals surface area contributed by atoms with Gasteiger partial charge in [-0.25, -0.2) is 14.2 Å². The monoisotopic (exact) mass is 519 g/mol. The Kier molecular flexibility index (Phi) is 7.38. The highest BCUT2D eigenvalue weighted by atomic mass is 32.2. The summed E-state index contributed by atoms with van der Waals surface area (Å²) in [6, 6.07) is 7.98. The number of rotatable bonds is 7. The van der Waals surface area contributed by atoms with Crippen molar-refractivity contribution in [3.63, 3.8) is 0 Å². The summed E-state index contributed by atoms with van der Waals surface area (Å²) in [4.78, 5) is 31.5. The normalized spacial score (nSPS) is 18.1. The number of amides is 2. The van der Waals surface area contributed by atoms with Gasteiger partial charge in [0, 0.05) is 49.7 Å². The smallest absolute Gasteiger partial charge is 0.416 e. The Balaban J connectivity index is 1.40. The molecule has 2 aromatic rings. The highest BCUT2D eigenvalue weighted by Gasteiger charge is 2.33. The van der Waals surface area contributed by atoms with Gasteiger partial charge < -0.3 is 15.0 Å². The molecule has 0 saturated carbocycles. The molecule has 2 saturated heterocycles. The number of oxime groups is 1. The quantitative estimate of drug-likeness (QED) is 0.553. The molecule has 0 bridgehead atoms. The predicted molar refractivity (Wildman–Crippen MR) is 130 cm³/mol. The van der Waals surface area contributed by atoms with Gasteiger partial charge in [0.25, 0.3) is 0 Å². The number of halogens is 1. The zero-order valence-corrected chi connectivity index (χ0v) is 20.6. The zero-order valence-electron chi connectivity index (χ0n) is 19.8. The largest absolute Gasteiger partial charge is 0.423 e. The molecule has 11 nitrogen and oxygen atoms in total. The van der Waals surface area contributed by atoms with Gasteiger partial charge in [-0.3, -0.25) is 14.0 Å². The Morgan fingerprint density at radius 1 is 1.28 bits per heavy atom. The number of aromatic nitrogens is 1. The lowest BCUT2D eigenvalue weighted by atomic mass is 10.1. The molecular weight excluding hydrogens is 493 g/mol. The van der Waals surface area contributed by atoms with E-state index in [0.29, 0.717) is 54.3 Å². The fourth-order valence-electron chi connectivity index (χ4n) is 3.87. The minimum atomic E-state index is -3.63. The van der Waals surface area contributed by atoms with Gasteiger partial charge in [0.1, 0.15) is 11.6 Å². The molecular formula is C23H26FN5O6S. The molecule has 1 unspecified atom stereocenters. The van der Waals surface area contributed by atoms with Crippen molar-refractivity contribution in [2.45, 2.75) is 32.4 Å². The molecule has 0 radical (unpaired) electrons. The first-order valence-electron chi connectivity index (χ1n) is 11.4. The second-order valence-electron chi connectivity index (χ2n) is 8.40. The van der Waals surface area contributed by atoms with Crippen molar-refractivity contribution < 1.29 is 31.4 Å². The van der Waals surface area contributed by atoms with Crippen molar-refractivity contribution in [2.75, 3.05) is 35.7 Å². The summed E-state index contributed by atoms with van der Waals surface area (Å²) in [6.45, 7) is 2.96. The fraction of sp³-hybridized carbons (Fsp3) is 0.391. The van der Waals surface area contributed by atoms with E-state index in [1.807, 2.05) is 4.90 Å². The molecule has 36 heavy (non-hydrogen) atoms. The summed E-state index contributed by atoms with van der Waals surface area (Å²) in [5.41, 5.74) is 1.88. The first-order chi connectivity index (χ1) is 17.1. The summed E-state index contributed by atoms with van der Waals surface area (Å²) in [5, 5.41) is 6.29. The van der Waals surface area contributed by atoms with Gasteiger partial charge in [-0.2, -0.15) is 8.42 Å². The molecule has 4 rings (SSSR count). The van der Waals surface area contributed by atoms with Crippen LogP contribution in [0.1, 0.15) is 26.2 Å². The van der Waals surface area contributed by atoms with Gasteiger partial charge in [-0.1, -0.05) is 12.1 Å². The molecule has 2 amide bonds.